The first-order chi connectivity index (χ1) is 8.85. The highest BCUT2D eigenvalue weighted by atomic mass is 16.5. The van der Waals surface area contributed by atoms with Crippen LogP contribution in [-0.2, 0) is 0 Å². The van der Waals surface area contributed by atoms with Crippen molar-refractivity contribution in [3.63, 3.8) is 0 Å². The number of rotatable bonds is 2. The highest BCUT2D eigenvalue weighted by molar-refractivity contribution is 6.12. The molecule has 3 nitrogen and oxygen atoms in total. The second kappa shape index (κ2) is 4.11. The average Bonchev–Trinajstić information content (AvgIpc) is 2.45. The lowest BCUT2D eigenvalue weighted by atomic mass is 10.0. The topological polar surface area (TPSA) is 39.2 Å². The van der Waals surface area contributed by atoms with Crippen LogP contribution < -0.4 is 4.74 Å². The fourth-order valence-electron chi connectivity index (χ4n) is 2.24. The van der Waals surface area contributed by atoms with E-state index in [1.165, 1.54) is 0 Å². The van der Waals surface area contributed by atoms with Crippen molar-refractivity contribution in [3.05, 3.63) is 48.2 Å². The van der Waals surface area contributed by atoms with E-state index < -0.39 is 0 Å². The maximum absolute atomic E-state index is 11.1. The van der Waals surface area contributed by atoms with Gasteiger partial charge in [-0.15, -0.1) is 0 Å². The molecule has 0 saturated carbocycles. The van der Waals surface area contributed by atoms with Crippen molar-refractivity contribution in [2.45, 2.75) is 0 Å². The van der Waals surface area contributed by atoms with E-state index in [4.69, 9.17) is 4.74 Å². The SMILES string of the molecule is COc1cc2c(C=O)ccnc2c2ccccc12. The molecule has 3 aromatic rings. The van der Waals surface area contributed by atoms with Crippen molar-refractivity contribution in [2.75, 3.05) is 7.11 Å². The third-order valence-electron chi connectivity index (χ3n) is 3.09. The van der Waals surface area contributed by atoms with E-state index in [1.54, 1.807) is 19.4 Å². The highest BCUT2D eigenvalue weighted by Gasteiger charge is 2.09. The third kappa shape index (κ3) is 1.44. The molecule has 2 aromatic carbocycles. The molecule has 0 aliphatic carbocycles. The molecule has 0 aliphatic rings. The summed E-state index contributed by atoms with van der Waals surface area (Å²) < 4.78 is 5.39. The minimum Gasteiger partial charge on any atom is -0.496 e. The Labute approximate surface area is 104 Å². The van der Waals surface area contributed by atoms with Gasteiger partial charge in [-0.1, -0.05) is 24.3 Å². The summed E-state index contributed by atoms with van der Waals surface area (Å²) >= 11 is 0. The van der Waals surface area contributed by atoms with Crippen molar-refractivity contribution in [3.8, 4) is 5.75 Å². The summed E-state index contributed by atoms with van der Waals surface area (Å²) in [6, 6.07) is 11.5. The molecule has 1 aromatic heterocycles. The monoisotopic (exact) mass is 237 g/mol. The molecule has 0 unspecified atom stereocenters. The molecule has 0 amide bonds. The van der Waals surface area contributed by atoms with Crippen molar-refractivity contribution in [2.24, 2.45) is 0 Å². The van der Waals surface area contributed by atoms with Gasteiger partial charge in [0.25, 0.3) is 0 Å². The van der Waals surface area contributed by atoms with Gasteiger partial charge < -0.3 is 4.74 Å². The summed E-state index contributed by atoms with van der Waals surface area (Å²) in [6.45, 7) is 0. The van der Waals surface area contributed by atoms with E-state index in [2.05, 4.69) is 4.98 Å². The van der Waals surface area contributed by atoms with E-state index in [9.17, 15) is 4.79 Å². The standard InChI is InChI=1S/C15H11NO2/c1-18-14-8-13-10(9-17)6-7-16-15(13)12-5-3-2-4-11(12)14/h2-9H,1H3. The number of methoxy groups -OCH3 is 1. The van der Waals surface area contributed by atoms with Gasteiger partial charge in [0.1, 0.15) is 5.75 Å². The minimum absolute atomic E-state index is 0.629. The lowest BCUT2D eigenvalue weighted by molar-refractivity contribution is 0.112. The van der Waals surface area contributed by atoms with Gasteiger partial charge in [-0.3, -0.25) is 9.78 Å². The van der Waals surface area contributed by atoms with Crippen molar-refractivity contribution < 1.29 is 9.53 Å². The molecular weight excluding hydrogens is 226 g/mol. The molecule has 0 atom stereocenters. The van der Waals surface area contributed by atoms with Gasteiger partial charge in [0.2, 0.25) is 0 Å². The second-order valence-electron chi connectivity index (χ2n) is 4.04. The molecule has 3 heteroatoms. The van der Waals surface area contributed by atoms with Gasteiger partial charge in [-0.25, -0.2) is 0 Å². The van der Waals surface area contributed by atoms with Crippen molar-refractivity contribution in [1.29, 1.82) is 0 Å². The van der Waals surface area contributed by atoms with E-state index in [0.717, 1.165) is 33.7 Å². The van der Waals surface area contributed by atoms with E-state index in [1.807, 2.05) is 30.3 Å². The van der Waals surface area contributed by atoms with E-state index in [-0.39, 0.29) is 0 Å². The Morgan fingerprint density at radius 2 is 1.89 bits per heavy atom. The number of hydrogen-bond acceptors (Lipinski definition) is 3. The first-order valence-electron chi connectivity index (χ1n) is 5.65. The number of ether oxygens (including phenoxy) is 1. The fraction of sp³-hybridized carbons (Fsp3) is 0.0667. The Hall–Kier alpha value is -2.42. The summed E-state index contributed by atoms with van der Waals surface area (Å²) in [5.41, 5.74) is 1.46. The fourth-order valence-corrected chi connectivity index (χ4v) is 2.24. The molecule has 0 saturated heterocycles. The summed E-state index contributed by atoms with van der Waals surface area (Å²) in [7, 11) is 1.63. The molecule has 0 bridgehead atoms. The Kier molecular flexibility index (Phi) is 2.45. The van der Waals surface area contributed by atoms with Crippen LogP contribution in [0.25, 0.3) is 21.7 Å². The van der Waals surface area contributed by atoms with Crippen LogP contribution in [-0.4, -0.2) is 18.4 Å². The Balaban J connectivity index is 2.58. The average molecular weight is 237 g/mol. The number of fused-ring (bicyclic) bond motifs is 3. The summed E-state index contributed by atoms with van der Waals surface area (Å²) in [4.78, 5) is 15.5. The van der Waals surface area contributed by atoms with Crippen LogP contribution in [0.1, 0.15) is 10.4 Å². The van der Waals surface area contributed by atoms with Gasteiger partial charge in [0, 0.05) is 27.9 Å². The lowest BCUT2D eigenvalue weighted by Gasteiger charge is -2.09. The minimum atomic E-state index is 0.629. The predicted octanol–water partition coefficient (Wildman–Crippen LogP) is 3.21. The molecule has 0 fully saturated rings. The largest absolute Gasteiger partial charge is 0.496 e. The highest BCUT2D eigenvalue weighted by Crippen LogP contribution is 2.33. The smallest absolute Gasteiger partial charge is 0.150 e. The second-order valence-corrected chi connectivity index (χ2v) is 4.04. The maximum Gasteiger partial charge on any atom is 0.150 e. The zero-order chi connectivity index (χ0) is 12.5. The zero-order valence-corrected chi connectivity index (χ0v) is 9.88. The number of pyridine rings is 1. The molecule has 0 aliphatic heterocycles. The first kappa shape index (κ1) is 10.7. The zero-order valence-electron chi connectivity index (χ0n) is 9.88. The Morgan fingerprint density at radius 3 is 2.61 bits per heavy atom. The molecule has 0 radical (unpaired) electrons. The molecular formula is C15H11NO2. The van der Waals surface area contributed by atoms with Gasteiger partial charge in [-0.05, 0) is 12.1 Å². The van der Waals surface area contributed by atoms with Crippen LogP contribution in [0.2, 0.25) is 0 Å². The Bertz CT molecular complexity index is 750. The summed E-state index contributed by atoms with van der Waals surface area (Å²) in [5.74, 6) is 0.759. The Morgan fingerprint density at radius 1 is 1.11 bits per heavy atom. The number of nitrogens with zero attached hydrogens (tertiary/aromatic N) is 1. The molecule has 0 spiro atoms. The normalized spacial score (nSPS) is 10.7. The molecule has 1 heterocycles. The van der Waals surface area contributed by atoms with E-state index in [0.29, 0.717) is 5.56 Å². The molecule has 88 valence electrons. The van der Waals surface area contributed by atoms with Gasteiger partial charge in [-0.2, -0.15) is 0 Å². The van der Waals surface area contributed by atoms with E-state index >= 15 is 0 Å². The van der Waals surface area contributed by atoms with Crippen LogP contribution in [0.4, 0.5) is 0 Å². The number of carbonyl (C=O) groups is 1. The van der Waals surface area contributed by atoms with Gasteiger partial charge >= 0.3 is 0 Å². The first-order valence-corrected chi connectivity index (χ1v) is 5.65. The third-order valence-corrected chi connectivity index (χ3v) is 3.09. The number of hydrogen-bond donors (Lipinski definition) is 0. The van der Waals surface area contributed by atoms with Gasteiger partial charge in [0.15, 0.2) is 6.29 Å². The quantitative estimate of drug-likeness (QED) is 0.507. The van der Waals surface area contributed by atoms with Crippen LogP contribution >= 0.6 is 0 Å². The number of aldehydes is 1. The lowest BCUT2D eigenvalue weighted by Crippen LogP contribution is -1.91. The van der Waals surface area contributed by atoms with Crippen LogP contribution in [0, 0.1) is 0 Å². The summed E-state index contributed by atoms with van der Waals surface area (Å²) in [5, 5.41) is 2.82. The number of benzene rings is 2. The van der Waals surface area contributed by atoms with Crippen LogP contribution in [0.15, 0.2) is 42.6 Å². The van der Waals surface area contributed by atoms with Crippen LogP contribution in [0.3, 0.4) is 0 Å². The molecule has 3 rings (SSSR count). The molecule has 0 N–H and O–H groups in total. The number of carbonyl (C=O) groups excluding carboxylic acids is 1. The number of aromatic nitrogens is 1. The van der Waals surface area contributed by atoms with Gasteiger partial charge in [0.05, 0.1) is 12.6 Å². The van der Waals surface area contributed by atoms with Crippen molar-refractivity contribution >= 4 is 28.0 Å². The molecule has 18 heavy (non-hydrogen) atoms. The van der Waals surface area contributed by atoms with Crippen molar-refractivity contribution in [1.82, 2.24) is 4.98 Å². The summed E-state index contributed by atoms with van der Waals surface area (Å²) in [6.07, 6.45) is 2.50. The van der Waals surface area contributed by atoms with Crippen LogP contribution in [0.5, 0.6) is 5.75 Å². The maximum atomic E-state index is 11.1. The predicted molar refractivity (Wildman–Crippen MR) is 71.2 cm³/mol.